The molecule has 0 amide bonds. The molecule has 92 valence electrons. The third-order valence-corrected chi connectivity index (χ3v) is 2.36. The summed E-state index contributed by atoms with van der Waals surface area (Å²) in [4.78, 5) is 21.7. The number of hydrogen-bond acceptors (Lipinski definition) is 3. The van der Waals surface area contributed by atoms with Gasteiger partial charge >= 0.3 is 0 Å². The molecule has 0 saturated heterocycles. The Kier molecular flexibility index (Phi) is 6.90. The first kappa shape index (κ1) is 15.0. The lowest BCUT2D eigenvalue weighted by atomic mass is 9.98. The Morgan fingerprint density at radius 1 is 1.31 bits per heavy atom. The second-order valence-corrected chi connectivity index (χ2v) is 4.48. The van der Waals surface area contributed by atoms with Crippen LogP contribution in [0.5, 0.6) is 0 Å². The third kappa shape index (κ3) is 5.81. The summed E-state index contributed by atoms with van der Waals surface area (Å²) in [6.45, 7) is 9.38. The molecule has 0 aliphatic heterocycles. The molecule has 0 aliphatic carbocycles. The van der Waals surface area contributed by atoms with E-state index in [9.17, 15) is 9.59 Å². The Morgan fingerprint density at radius 3 is 2.44 bits per heavy atom. The minimum Gasteiger partial charge on any atom is -0.367 e. The fraction of sp³-hybridized carbons (Fsp3) is 0.692. The average Bonchev–Trinajstić information content (AvgIpc) is 2.22. The second-order valence-electron chi connectivity index (χ2n) is 4.48. The predicted molar refractivity (Wildman–Crippen MR) is 64.4 cm³/mol. The highest BCUT2D eigenvalue weighted by atomic mass is 16.5. The molecular formula is C13H22O3. The number of ether oxygens (including phenoxy) is 1. The van der Waals surface area contributed by atoms with Crippen molar-refractivity contribution in [2.45, 2.75) is 52.1 Å². The van der Waals surface area contributed by atoms with Crippen LogP contribution in [-0.4, -0.2) is 24.3 Å². The summed E-state index contributed by atoms with van der Waals surface area (Å²) in [5, 5.41) is 0. The molecule has 0 aromatic rings. The zero-order valence-electron chi connectivity index (χ0n) is 10.5. The summed E-state index contributed by atoms with van der Waals surface area (Å²) in [6.07, 6.45) is 4.25. The zero-order valence-corrected chi connectivity index (χ0v) is 10.5. The second kappa shape index (κ2) is 7.34. The zero-order chi connectivity index (χ0) is 12.6. The maximum Gasteiger partial charge on any atom is 0.189 e. The molecule has 3 heteroatoms. The number of carbonyl (C=O) groups excluding carboxylic acids is 2. The van der Waals surface area contributed by atoms with E-state index in [-0.39, 0.29) is 5.78 Å². The molecule has 0 aliphatic rings. The number of hydrogen-bond donors (Lipinski definition) is 0. The SMILES string of the molecule is C=C(C)C(=O)C(C)(C)OCCCCCC=O. The largest absolute Gasteiger partial charge is 0.367 e. The van der Waals surface area contributed by atoms with Crippen LogP contribution in [0.25, 0.3) is 0 Å². The normalized spacial score (nSPS) is 11.2. The van der Waals surface area contributed by atoms with Gasteiger partial charge in [-0.3, -0.25) is 4.79 Å². The molecule has 16 heavy (non-hydrogen) atoms. The van der Waals surface area contributed by atoms with Crippen molar-refractivity contribution >= 4 is 12.1 Å². The van der Waals surface area contributed by atoms with E-state index in [0.717, 1.165) is 25.5 Å². The molecule has 0 saturated carbocycles. The average molecular weight is 226 g/mol. The van der Waals surface area contributed by atoms with Crippen LogP contribution in [0.2, 0.25) is 0 Å². The Bertz CT molecular complexity index is 254. The summed E-state index contributed by atoms with van der Waals surface area (Å²) in [7, 11) is 0. The van der Waals surface area contributed by atoms with Gasteiger partial charge in [-0.05, 0) is 39.2 Å². The lowest BCUT2D eigenvalue weighted by molar-refractivity contribution is -0.136. The Labute approximate surface area is 97.9 Å². The van der Waals surface area contributed by atoms with E-state index in [1.807, 2.05) is 0 Å². The summed E-state index contributed by atoms with van der Waals surface area (Å²) < 4.78 is 5.53. The number of aldehydes is 1. The van der Waals surface area contributed by atoms with Crippen molar-refractivity contribution in [2.75, 3.05) is 6.61 Å². The molecule has 0 aromatic carbocycles. The monoisotopic (exact) mass is 226 g/mol. The van der Waals surface area contributed by atoms with Crippen LogP contribution in [0.4, 0.5) is 0 Å². The van der Waals surface area contributed by atoms with Crippen molar-refractivity contribution in [1.29, 1.82) is 0 Å². The van der Waals surface area contributed by atoms with Crippen LogP contribution in [0.3, 0.4) is 0 Å². The number of carbonyl (C=O) groups is 2. The van der Waals surface area contributed by atoms with Crippen molar-refractivity contribution in [3.8, 4) is 0 Å². The van der Waals surface area contributed by atoms with Gasteiger partial charge in [0.15, 0.2) is 5.78 Å². The van der Waals surface area contributed by atoms with Crippen LogP contribution in [0.15, 0.2) is 12.2 Å². The topological polar surface area (TPSA) is 43.4 Å². The van der Waals surface area contributed by atoms with E-state index < -0.39 is 5.60 Å². The van der Waals surface area contributed by atoms with Crippen molar-refractivity contribution in [2.24, 2.45) is 0 Å². The first-order chi connectivity index (χ1) is 7.41. The van der Waals surface area contributed by atoms with Crippen molar-refractivity contribution in [3.05, 3.63) is 12.2 Å². The molecule has 0 unspecified atom stereocenters. The van der Waals surface area contributed by atoms with Crippen LogP contribution < -0.4 is 0 Å². The van der Waals surface area contributed by atoms with Crippen molar-refractivity contribution in [1.82, 2.24) is 0 Å². The fourth-order valence-electron chi connectivity index (χ4n) is 1.41. The summed E-state index contributed by atoms with van der Waals surface area (Å²) >= 11 is 0. The predicted octanol–water partition coefficient (Wildman–Crippen LogP) is 2.69. The van der Waals surface area contributed by atoms with E-state index in [1.165, 1.54) is 0 Å². The minimum atomic E-state index is -0.781. The molecular weight excluding hydrogens is 204 g/mol. The molecule has 0 radical (unpaired) electrons. The molecule has 0 fully saturated rings. The maximum absolute atomic E-state index is 11.7. The van der Waals surface area contributed by atoms with Gasteiger partial charge in [0.25, 0.3) is 0 Å². The molecule has 0 N–H and O–H groups in total. The van der Waals surface area contributed by atoms with Crippen LogP contribution in [0, 0.1) is 0 Å². The molecule has 0 bridgehead atoms. The van der Waals surface area contributed by atoms with E-state index in [0.29, 0.717) is 18.6 Å². The van der Waals surface area contributed by atoms with Crippen molar-refractivity contribution < 1.29 is 14.3 Å². The van der Waals surface area contributed by atoms with Crippen LogP contribution in [-0.2, 0) is 14.3 Å². The smallest absolute Gasteiger partial charge is 0.189 e. The van der Waals surface area contributed by atoms with Gasteiger partial charge in [0.2, 0.25) is 0 Å². The summed E-state index contributed by atoms with van der Waals surface area (Å²) in [5.41, 5.74) is -0.262. The standard InChI is InChI=1S/C13H22O3/c1-11(2)12(15)13(3,4)16-10-8-6-5-7-9-14/h9H,1,5-8,10H2,2-4H3. The Morgan fingerprint density at radius 2 is 1.94 bits per heavy atom. The van der Waals surface area contributed by atoms with Gasteiger partial charge in [-0.2, -0.15) is 0 Å². The molecule has 0 atom stereocenters. The highest BCUT2D eigenvalue weighted by Gasteiger charge is 2.28. The van der Waals surface area contributed by atoms with Crippen LogP contribution >= 0.6 is 0 Å². The molecule has 0 rings (SSSR count). The van der Waals surface area contributed by atoms with E-state index in [2.05, 4.69) is 6.58 Å². The van der Waals surface area contributed by atoms with Gasteiger partial charge in [0.05, 0.1) is 0 Å². The lowest BCUT2D eigenvalue weighted by Gasteiger charge is -2.23. The van der Waals surface area contributed by atoms with E-state index in [1.54, 1.807) is 20.8 Å². The minimum absolute atomic E-state index is 0.0552. The van der Waals surface area contributed by atoms with Crippen molar-refractivity contribution in [3.63, 3.8) is 0 Å². The van der Waals surface area contributed by atoms with Gasteiger partial charge in [-0.1, -0.05) is 13.0 Å². The Hall–Kier alpha value is -0.960. The number of ketones is 1. The lowest BCUT2D eigenvalue weighted by Crippen LogP contribution is -2.35. The molecule has 0 heterocycles. The number of rotatable bonds is 9. The quantitative estimate of drug-likeness (QED) is 0.345. The highest BCUT2D eigenvalue weighted by Crippen LogP contribution is 2.16. The summed E-state index contributed by atoms with van der Waals surface area (Å²) in [6, 6.07) is 0. The van der Waals surface area contributed by atoms with Gasteiger partial charge in [-0.25, -0.2) is 0 Å². The van der Waals surface area contributed by atoms with Gasteiger partial charge in [-0.15, -0.1) is 0 Å². The van der Waals surface area contributed by atoms with E-state index >= 15 is 0 Å². The van der Waals surface area contributed by atoms with Gasteiger partial charge < -0.3 is 9.53 Å². The molecule has 3 nitrogen and oxygen atoms in total. The molecule has 0 spiro atoms. The first-order valence-electron chi connectivity index (χ1n) is 5.69. The first-order valence-corrected chi connectivity index (χ1v) is 5.69. The highest BCUT2D eigenvalue weighted by molar-refractivity contribution is 6.00. The van der Waals surface area contributed by atoms with Gasteiger partial charge in [0.1, 0.15) is 11.9 Å². The summed E-state index contributed by atoms with van der Waals surface area (Å²) in [5.74, 6) is -0.0552. The third-order valence-electron chi connectivity index (χ3n) is 2.36. The fourth-order valence-corrected chi connectivity index (χ4v) is 1.41. The molecule has 0 aromatic heterocycles. The number of Topliss-reactive ketones (excluding diaryl/α,β-unsaturated/α-hetero) is 1. The Balaban J connectivity index is 3.78. The van der Waals surface area contributed by atoms with Gasteiger partial charge in [0, 0.05) is 13.0 Å². The van der Waals surface area contributed by atoms with Crippen LogP contribution in [0.1, 0.15) is 46.5 Å². The van der Waals surface area contributed by atoms with E-state index in [4.69, 9.17) is 4.74 Å². The maximum atomic E-state index is 11.7. The number of unbranched alkanes of at least 4 members (excludes halogenated alkanes) is 3.